The largest absolute Gasteiger partial charge is 0 e. The fraction of sp³-hybridized carbons (Fsp3) is 0.429. The molecule has 1 saturated heterocycles. The van der Waals surface area contributed by atoms with Gasteiger partial charge in [0.15, 0.2) is 5.79 Å². The van der Waals surface area contributed by atoms with Gasteiger partial charge in [0.1, 0.15) is 6.10 Å². The topological polar surface area (TPSA) is 102 Å². The van der Waals surface area contributed by atoms with E-state index in [4.69, 9.17) is 28.7 Å². The molecular formula is C14H15FeNO5. The van der Waals surface area contributed by atoms with Gasteiger partial charge < -0.3 is 9.47 Å². The molecule has 1 rings (SSSR count). The molecule has 0 aromatic carbocycles. The van der Waals surface area contributed by atoms with Crippen molar-refractivity contribution in [1.82, 2.24) is 0 Å². The number of hydrogen-bond acceptors (Lipinski definition) is 3. The van der Waals surface area contributed by atoms with Crippen LogP contribution in [0.15, 0.2) is 24.3 Å². The van der Waals surface area contributed by atoms with E-state index in [1.807, 2.05) is 32.9 Å². The molecule has 0 N–H and O–H groups in total. The Morgan fingerprint density at radius 1 is 1.05 bits per heavy atom. The molecule has 0 aromatic heterocycles. The fourth-order valence-electron chi connectivity index (χ4n) is 1.43. The summed E-state index contributed by atoms with van der Waals surface area (Å²) in [6.45, 7) is 19.3. The van der Waals surface area contributed by atoms with Gasteiger partial charge in [-0.05, 0) is 20.8 Å². The maximum absolute atomic E-state index is 8.27. The minimum atomic E-state index is -0.507. The van der Waals surface area contributed by atoms with Crippen molar-refractivity contribution in [3.8, 4) is 6.07 Å². The number of hydrogen-bond donors (Lipinski definition) is 0. The summed E-state index contributed by atoms with van der Waals surface area (Å²) in [4.78, 5) is 0. The van der Waals surface area contributed by atoms with Gasteiger partial charge in [0, 0.05) is 23.1 Å². The Kier molecular flexibility index (Phi) is 24.7. The normalized spacial score (nSPS) is 21.1. The molecule has 1 fully saturated rings. The van der Waals surface area contributed by atoms with Crippen LogP contribution in [0.5, 0.6) is 0 Å². The molecule has 0 spiro atoms. The third-order valence-electron chi connectivity index (χ3n) is 1.93. The second-order valence-electron chi connectivity index (χ2n) is 3.68. The van der Waals surface area contributed by atoms with Crippen LogP contribution in [0.3, 0.4) is 0 Å². The standard InChI is InChI=1S/C11H15NO2.3CO.Fe/c1-9-10(7-5-4-6-8-12)14-11(2,3)13-9;3*1-2;/h4-7,9-10H,1-3H3;;;;/b6-4+,7-5+;;;;/t9-,10-;;;;/m0..../s1. The molecule has 7 heteroatoms. The molecule has 0 aromatic rings. The van der Waals surface area contributed by atoms with Gasteiger partial charge in [0.25, 0.3) is 0 Å². The Morgan fingerprint density at radius 2 is 1.52 bits per heavy atom. The summed E-state index contributed by atoms with van der Waals surface area (Å²) in [6.07, 6.45) is 6.82. The molecule has 0 unspecified atom stereocenters. The van der Waals surface area contributed by atoms with Crippen LogP contribution in [0.4, 0.5) is 0 Å². The van der Waals surface area contributed by atoms with E-state index in [0.717, 1.165) is 0 Å². The predicted octanol–water partition coefficient (Wildman–Crippen LogP) is 2.05. The molecule has 6 nitrogen and oxygen atoms in total. The first kappa shape index (κ1) is 27.9. The van der Waals surface area contributed by atoms with E-state index in [2.05, 4.69) is 20.0 Å². The number of rotatable bonds is 2. The minimum absolute atomic E-state index is 0. The summed E-state index contributed by atoms with van der Waals surface area (Å²) in [5.74, 6) is -0.507. The average Bonchev–Trinajstić information content (AvgIpc) is 2.74. The Balaban J connectivity index is -0.000000183. The second-order valence-corrected chi connectivity index (χ2v) is 3.68. The molecule has 0 radical (unpaired) electrons. The van der Waals surface area contributed by atoms with E-state index in [9.17, 15) is 0 Å². The minimum Gasteiger partial charge on any atom is 0 e. The van der Waals surface area contributed by atoms with Crippen molar-refractivity contribution in [2.75, 3.05) is 0 Å². The predicted molar refractivity (Wildman–Crippen MR) is 65.2 cm³/mol. The molecule has 0 saturated carbocycles. The van der Waals surface area contributed by atoms with Crippen molar-refractivity contribution in [3.05, 3.63) is 44.3 Å². The molecule has 2 atom stereocenters. The summed E-state index contributed by atoms with van der Waals surface area (Å²) in [6, 6.07) is 1.92. The van der Waals surface area contributed by atoms with Gasteiger partial charge in [-0.1, -0.05) is 18.2 Å². The zero-order chi connectivity index (χ0) is 16.6. The van der Waals surface area contributed by atoms with Gasteiger partial charge >= 0.3 is 33.9 Å². The van der Waals surface area contributed by atoms with Crippen molar-refractivity contribution in [1.29, 1.82) is 5.26 Å². The van der Waals surface area contributed by atoms with Crippen LogP contribution in [0, 0.1) is 31.3 Å². The van der Waals surface area contributed by atoms with Gasteiger partial charge in [-0.2, -0.15) is 5.26 Å². The van der Waals surface area contributed by atoms with Crippen LogP contribution >= 0.6 is 0 Å². The molecule has 114 valence electrons. The third-order valence-corrected chi connectivity index (χ3v) is 1.93. The Bertz CT molecular complexity index is 390. The SMILES string of the molecule is C[C@@H]1OC(C)(C)O[C@H]1/C=C/C=C/C#N.[C-]#[O+].[C-]#[O+].[C-]#[O+].[Fe]. The van der Waals surface area contributed by atoms with E-state index in [1.165, 1.54) is 6.08 Å². The number of nitrogens with zero attached hydrogens (tertiary/aromatic N) is 1. The maximum atomic E-state index is 8.27. The Labute approximate surface area is 135 Å². The van der Waals surface area contributed by atoms with Gasteiger partial charge in [0.05, 0.1) is 12.2 Å². The second kappa shape index (κ2) is 18.6. The van der Waals surface area contributed by atoms with Crippen molar-refractivity contribution >= 4 is 0 Å². The smallest absolute Gasteiger partial charge is 0 e. The van der Waals surface area contributed by atoms with Crippen molar-refractivity contribution in [3.63, 3.8) is 0 Å². The summed E-state index contributed by atoms with van der Waals surface area (Å²) in [5.41, 5.74) is 0. The van der Waals surface area contributed by atoms with Crippen molar-refractivity contribution < 1.29 is 40.5 Å². The summed E-state index contributed by atoms with van der Waals surface area (Å²) >= 11 is 0. The first-order valence-electron chi connectivity index (χ1n) is 5.25. The van der Waals surface area contributed by atoms with Gasteiger partial charge in [-0.3, -0.25) is 0 Å². The molecule has 1 aliphatic rings. The van der Waals surface area contributed by atoms with Crippen LogP contribution in [-0.2, 0) is 40.5 Å². The summed E-state index contributed by atoms with van der Waals surface area (Å²) in [5, 5.41) is 8.27. The maximum Gasteiger partial charge on any atom is 0 e. The number of allylic oxidation sites excluding steroid dienone is 3. The van der Waals surface area contributed by atoms with Crippen LogP contribution < -0.4 is 0 Å². The van der Waals surface area contributed by atoms with Crippen molar-refractivity contribution in [2.24, 2.45) is 0 Å². The molecule has 1 heterocycles. The molecule has 0 aliphatic carbocycles. The third kappa shape index (κ3) is 14.8. The van der Waals surface area contributed by atoms with Crippen LogP contribution in [0.2, 0.25) is 0 Å². The van der Waals surface area contributed by atoms with E-state index in [0.29, 0.717) is 0 Å². The average molecular weight is 333 g/mol. The molecule has 0 amide bonds. The van der Waals surface area contributed by atoms with Crippen LogP contribution in [0.25, 0.3) is 0 Å². The van der Waals surface area contributed by atoms with E-state index < -0.39 is 5.79 Å². The van der Waals surface area contributed by atoms with Gasteiger partial charge in [0.2, 0.25) is 0 Å². The number of nitriles is 1. The quantitative estimate of drug-likeness (QED) is 0.254. The van der Waals surface area contributed by atoms with E-state index in [1.54, 1.807) is 12.2 Å². The first-order chi connectivity index (χ1) is 9.55. The van der Waals surface area contributed by atoms with Gasteiger partial charge in [-0.15, -0.1) is 0 Å². The van der Waals surface area contributed by atoms with Crippen LogP contribution in [-0.4, -0.2) is 18.0 Å². The summed E-state index contributed by atoms with van der Waals surface area (Å²) < 4.78 is 33.7. The zero-order valence-corrected chi connectivity index (χ0v) is 12.9. The Morgan fingerprint density at radius 3 is 1.86 bits per heavy atom. The molecular weight excluding hydrogens is 318 g/mol. The number of ether oxygens (including phenoxy) is 2. The zero-order valence-electron chi connectivity index (χ0n) is 11.8. The first-order valence-corrected chi connectivity index (χ1v) is 5.25. The molecule has 1 aliphatic heterocycles. The Hall–Kier alpha value is -1.37. The van der Waals surface area contributed by atoms with Crippen molar-refractivity contribution in [2.45, 2.75) is 38.8 Å². The molecule has 21 heavy (non-hydrogen) atoms. The monoisotopic (exact) mass is 333 g/mol. The van der Waals surface area contributed by atoms with Gasteiger partial charge in [-0.25, -0.2) is 0 Å². The molecule has 0 bridgehead atoms. The van der Waals surface area contributed by atoms with E-state index >= 15 is 0 Å². The summed E-state index contributed by atoms with van der Waals surface area (Å²) in [7, 11) is 0. The van der Waals surface area contributed by atoms with Crippen LogP contribution in [0.1, 0.15) is 20.8 Å². The van der Waals surface area contributed by atoms with E-state index in [-0.39, 0.29) is 29.3 Å². The fourth-order valence-corrected chi connectivity index (χ4v) is 1.43.